The second kappa shape index (κ2) is 24.1. The molecule has 0 bridgehead atoms. The minimum absolute atomic E-state index is 0. The Kier molecular flexibility index (Phi) is 29.1. The third-order valence-electron chi connectivity index (χ3n) is 5.23. The molecule has 1 fully saturated rings. The van der Waals surface area contributed by atoms with Crippen LogP contribution in [0.2, 0.25) is 0 Å². The quantitative estimate of drug-likeness (QED) is 0.216. The van der Waals surface area contributed by atoms with E-state index in [1.165, 1.54) is 16.7 Å². The maximum Gasteiger partial charge on any atom is 0.309 e. The van der Waals surface area contributed by atoms with Gasteiger partial charge in [-0.25, -0.2) is 14.4 Å². The van der Waals surface area contributed by atoms with Gasteiger partial charge >= 0.3 is 68.2 Å². The van der Waals surface area contributed by atoms with E-state index in [2.05, 4.69) is 106 Å². The first kappa shape index (κ1) is 54.3. The zero-order valence-corrected chi connectivity index (χ0v) is 33.3. The van der Waals surface area contributed by atoms with E-state index in [1.54, 1.807) is 23.5 Å². The first-order valence-electron chi connectivity index (χ1n) is 12.2. The number of fused-ring (bicyclic) bond motifs is 1. The molecule has 3 aliphatic rings. The number of H-pyrrole nitrogens is 2. The van der Waals surface area contributed by atoms with E-state index < -0.39 is 17.8 Å². The van der Waals surface area contributed by atoms with Gasteiger partial charge in [-0.15, -0.1) is 35.3 Å². The predicted molar refractivity (Wildman–Crippen MR) is 215 cm³/mol. The fraction of sp³-hybridized carbons (Fsp3) is 0.679. The number of aromatic nitrogens is 2. The number of rotatable bonds is 1. The van der Waals surface area contributed by atoms with Gasteiger partial charge in [0.1, 0.15) is 5.78 Å². The number of primary amides is 3. The maximum absolute atomic E-state index is 11.3. The van der Waals surface area contributed by atoms with E-state index in [0.717, 1.165) is 30.7 Å². The van der Waals surface area contributed by atoms with Crippen molar-refractivity contribution in [1.82, 2.24) is 15.3 Å². The summed E-state index contributed by atoms with van der Waals surface area (Å²) in [5.74, 6) is 0.407. The topological polar surface area (TPSA) is 207 Å². The average Bonchev–Trinajstić information content (AvgIpc) is 3.29. The van der Waals surface area contributed by atoms with Crippen molar-refractivity contribution in [2.75, 3.05) is 0 Å². The number of carbonyl (C=O) groups is 3. The number of amides is 4. The van der Waals surface area contributed by atoms with Gasteiger partial charge in [0.2, 0.25) is 0 Å². The Hall–Kier alpha value is -0.130. The molecule has 0 spiro atoms. The van der Waals surface area contributed by atoms with Crippen LogP contribution < -0.4 is 47.0 Å². The molecule has 0 aliphatic carbocycles. The fourth-order valence-corrected chi connectivity index (χ4v) is 7.83. The third-order valence-corrected chi connectivity index (χ3v) is 9.21. The van der Waals surface area contributed by atoms with Gasteiger partial charge in [0.25, 0.3) is 5.56 Å². The number of allylic oxidation sites excluding steroid dienone is 2. The summed E-state index contributed by atoms with van der Waals surface area (Å²) in [4.78, 5) is 59.5. The minimum atomic E-state index is -0.833. The molecule has 1 aromatic rings. The second-order valence-corrected chi connectivity index (χ2v) is 32.9. The molecule has 4 amide bonds. The Morgan fingerprint density at radius 1 is 0.867 bits per heavy atom. The number of hydrogen-bond acceptors (Lipinski definition) is 8. The summed E-state index contributed by atoms with van der Waals surface area (Å²) in [6.45, 7) is 16.6. The van der Waals surface area contributed by atoms with E-state index in [1.807, 2.05) is 13.8 Å². The van der Waals surface area contributed by atoms with Gasteiger partial charge in [-0.1, -0.05) is 43.6 Å². The largest absolute Gasteiger partial charge is 0.352 e. The normalized spacial score (nSPS) is 18.7. The zero-order chi connectivity index (χ0) is 32.3. The maximum atomic E-state index is 11.3. The van der Waals surface area contributed by atoms with Gasteiger partial charge in [0.05, 0.1) is 10.1 Å². The number of aromatic amines is 2. The smallest absolute Gasteiger partial charge is 0.309 e. The summed E-state index contributed by atoms with van der Waals surface area (Å²) in [5.41, 5.74) is 14.6. The Morgan fingerprint density at radius 3 is 1.62 bits per heavy atom. The number of Topliss-reactive ketones (excluding diaryl/α,β-unsaturated/α-hetero) is 1. The van der Waals surface area contributed by atoms with Crippen molar-refractivity contribution in [3.05, 3.63) is 37.1 Å². The van der Waals surface area contributed by atoms with E-state index in [9.17, 15) is 19.2 Å². The Labute approximate surface area is 314 Å². The van der Waals surface area contributed by atoms with Gasteiger partial charge < -0.3 is 27.5 Å². The van der Waals surface area contributed by atoms with E-state index in [-0.39, 0.29) is 56.2 Å². The van der Waals surface area contributed by atoms with E-state index in [4.69, 9.17) is 10.5 Å². The molecule has 1 atom stereocenters. The number of thioether (sulfide) groups is 3. The molecule has 0 radical (unpaired) electrons. The summed E-state index contributed by atoms with van der Waals surface area (Å²) < 4.78 is 0.415. The molecule has 4 heterocycles. The van der Waals surface area contributed by atoms with Crippen molar-refractivity contribution >= 4 is 90.4 Å². The molecule has 1 aromatic heterocycles. The summed E-state index contributed by atoms with van der Waals surface area (Å²) in [6.07, 6.45) is 2.37. The average molecular weight is 1040 g/mol. The Morgan fingerprint density at radius 2 is 1.31 bits per heavy atom. The van der Waals surface area contributed by atoms with Crippen LogP contribution >= 0.6 is 72.5 Å². The molecule has 3 aliphatic heterocycles. The molecule has 0 aromatic carbocycles. The third kappa shape index (κ3) is 23.0. The molecule has 0 saturated carbocycles. The molecule has 1 saturated heterocycles. The molecule has 45 heavy (non-hydrogen) atoms. The molecular weight excluding hydrogens is 977 g/mol. The van der Waals surface area contributed by atoms with Crippen LogP contribution in [-0.2, 0) is 11.2 Å². The molecule has 9 N–H and O–H groups in total. The minimum Gasteiger partial charge on any atom is -0.352 e. The molecular formula is C28H58I3N6O5S3-. The predicted octanol–water partition coefficient (Wildman–Crippen LogP) is 4.74. The summed E-state index contributed by atoms with van der Waals surface area (Å²) in [5, 5.41) is 2.88. The summed E-state index contributed by atoms with van der Waals surface area (Å²) in [6, 6.07) is -1.30. The first-order chi connectivity index (χ1) is 18.5. The second-order valence-electron chi connectivity index (χ2n) is 10.9. The van der Waals surface area contributed by atoms with Crippen molar-refractivity contribution in [2.24, 2.45) is 17.2 Å². The number of hydrogen-bond donors (Lipinski definition) is 6. The summed E-state index contributed by atoms with van der Waals surface area (Å²) >= 11 is 10.4. The van der Waals surface area contributed by atoms with Gasteiger partial charge in [-0.05, 0) is 41.5 Å². The molecule has 4 rings (SSSR count). The zero-order valence-electron chi connectivity index (χ0n) is 24.3. The number of ketones is 1. The number of halogens is 3. The van der Waals surface area contributed by atoms with Gasteiger partial charge in [0.15, 0.2) is 0 Å². The van der Waals surface area contributed by atoms with Crippen LogP contribution in [0.4, 0.5) is 9.59 Å². The van der Waals surface area contributed by atoms with Crippen LogP contribution in [0.5, 0.6) is 0 Å². The molecule has 11 nitrogen and oxygen atoms in total. The van der Waals surface area contributed by atoms with Crippen LogP contribution in [0, 0.1) is 0 Å². The molecule has 270 valence electrons. The van der Waals surface area contributed by atoms with Gasteiger partial charge in [0, 0.05) is 51.2 Å². The number of nitrogens with one attached hydrogen (secondary N) is 3. The number of carbonyl (C=O) groups excluding carboxylic acids is 3. The van der Waals surface area contributed by atoms with Crippen molar-refractivity contribution in [1.29, 1.82) is 0 Å². The van der Waals surface area contributed by atoms with Crippen LogP contribution in [0.1, 0.15) is 105 Å². The number of urea groups is 2. The van der Waals surface area contributed by atoms with Crippen LogP contribution in [0.3, 0.4) is 0 Å². The van der Waals surface area contributed by atoms with Crippen LogP contribution in [0.25, 0.3) is 0 Å². The van der Waals surface area contributed by atoms with E-state index >= 15 is 0 Å². The van der Waals surface area contributed by atoms with Crippen LogP contribution in [-0.4, -0.2) is 47.3 Å². The van der Waals surface area contributed by atoms with Crippen molar-refractivity contribution in [3.8, 4) is 0 Å². The van der Waals surface area contributed by atoms with Gasteiger partial charge in [-0.3, -0.25) is 14.6 Å². The first-order valence-corrected chi connectivity index (χ1v) is 27.3. The fourth-order valence-electron chi connectivity index (χ4n) is 3.99. The molecule has 17 heteroatoms. The Bertz CT molecular complexity index is 1240. The van der Waals surface area contributed by atoms with Crippen LogP contribution in [0.15, 0.2) is 25.1 Å². The SMILES string of the molecule is C.C.C.C.CC1(C)Cc2[nH]c(=O)[nH]c(=O)c2S1.CC1=C(NC(N)=O)CC(C)(C)S1.CC1SC(C)(C)CC1=O.I[I-]I.NC(N)=O.[2HH]. The monoisotopic (exact) mass is 1040 g/mol. The number of nitrogens with two attached hydrogens (primary N) is 3. The van der Waals surface area contributed by atoms with Gasteiger partial charge in [-0.2, -0.15) is 0 Å². The van der Waals surface area contributed by atoms with Crippen molar-refractivity contribution < 1.29 is 29.1 Å². The summed E-state index contributed by atoms with van der Waals surface area (Å²) in [7, 11) is 0. The molecule has 1 unspecified atom stereocenters. The standard InChI is InChI=1S/C8H10N2O2S.C8H14N2OS.C7H12OS.CH4N2O.4CH4.I3.H2/c1-8(2)3-4-5(13-8)6(11)10-7(12)9-4;1-5-6(10-7(9)11)4-8(2,3)12-5;1-5-6(8)4-7(2,3)9-5;2-1(3)4;;;;;1-3-2;/h3H2,1-2H3,(H2,9,10,11,12);4H2,1-3H3,(H3,9,10,11);5H,4H2,1-3H3;(H4,2,3,4);4*1H4;;1H/q;;;;;;;;-1;/i;;;;;;;;;1+1. The van der Waals surface area contributed by atoms with Crippen molar-refractivity contribution in [3.63, 3.8) is 0 Å². The van der Waals surface area contributed by atoms with Crippen molar-refractivity contribution in [2.45, 2.75) is 129 Å². The Balaban J connectivity index is -0.000000114. The van der Waals surface area contributed by atoms with E-state index in [0.29, 0.717) is 23.9 Å².